The summed E-state index contributed by atoms with van der Waals surface area (Å²) in [5.41, 5.74) is 2.81. The Bertz CT molecular complexity index is 971. The number of hydrogen-bond acceptors (Lipinski definition) is 5. The van der Waals surface area contributed by atoms with Gasteiger partial charge in [-0.15, -0.1) is 0 Å². The van der Waals surface area contributed by atoms with Gasteiger partial charge in [-0.05, 0) is 43.5 Å². The molecule has 0 bridgehead atoms. The highest BCUT2D eigenvalue weighted by molar-refractivity contribution is 6.03. The molecule has 156 valence electrons. The molecule has 1 aliphatic heterocycles. The first-order valence-corrected chi connectivity index (χ1v) is 10.4. The van der Waals surface area contributed by atoms with E-state index in [1.807, 2.05) is 18.2 Å². The topological polar surface area (TPSA) is 67.6 Å². The number of nitrogens with one attached hydrogen (secondary N) is 1. The molecule has 0 radical (unpaired) electrons. The Morgan fingerprint density at radius 1 is 1.20 bits per heavy atom. The zero-order chi connectivity index (χ0) is 20.8. The molecule has 1 atom stereocenters. The number of para-hydroxylation sites is 2. The van der Waals surface area contributed by atoms with Gasteiger partial charge < -0.3 is 19.5 Å². The van der Waals surface area contributed by atoms with Crippen LogP contribution in [0.15, 0.2) is 65.2 Å². The Hall–Kier alpha value is -3.12. The first-order valence-electron chi connectivity index (χ1n) is 10.4. The summed E-state index contributed by atoms with van der Waals surface area (Å²) in [6.45, 7) is 3.06. The molecule has 0 spiro atoms. The third-order valence-electron chi connectivity index (χ3n) is 5.59. The summed E-state index contributed by atoms with van der Waals surface area (Å²) < 4.78 is 10.7. The second kappa shape index (κ2) is 9.59. The molecule has 1 saturated heterocycles. The van der Waals surface area contributed by atoms with Crippen molar-refractivity contribution < 1.29 is 14.1 Å². The fraction of sp³-hybridized carbons (Fsp3) is 0.333. The minimum atomic E-state index is -0.324. The van der Waals surface area contributed by atoms with Crippen molar-refractivity contribution in [2.24, 2.45) is 0 Å². The van der Waals surface area contributed by atoms with E-state index in [4.69, 9.17) is 9.26 Å². The molecular weight excluding hydrogens is 378 g/mol. The summed E-state index contributed by atoms with van der Waals surface area (Å²) in [7, 11) is 1.57. The highest BCUT2D eigenvalue weighted by atomic mass is 16.5. The van der Waals surface area contributed by atoms with E-state index < -0.39 is 0 Å². The number of likely N-dealkylation sites (tertiary alicyclic amines) is 1. The lowest BCUT2D eigenvalue weighted by molar-refractivity contribution is 0.0987. The number of ether oxygens (including phenoxy) is 1. The summed E-state index contributed by atoms with van der Waals surface area (Å²) in [5, 5.41) is 7.04. The normalized spacial score (nSPS) is 16.9. The van der Waals surface area contributed by atoms with Gasteiger partial charge in [-0.1, -0.05) is 47.6 Å². The quantitative estimate of drug-likeness (QED) is 0.633. The van der Waals surface area contributed by atoms with Crippen molar-refractivity contribution in [2.75, 3.05) is 32.1 Å². The van der Waals surface area contributed by atoms with Gasteiger partial charge in [0.15, 0.2) is 0 Å². The van der Waals surface area contributed by atoms with Crippen molar-refractivity contribution in [2.45, 2.75) is 25.2 Å². The molecule has 1 fully saturated rings. The fourth-order valence-corrected chi connectivity index (χ4v) is 3.95. The van der Waals surface area contributed by atoms with Crippen molar-refractivity contribution in [3.63, 3.8) is 0 Å². The Morgan fingerprint density at radius 2 is 2.00 bits per heavy atom. The van der Waals surface area contributed by atoms with Gasteiger partial charge in [-0.3, -0.25) is 4.79 Å². The molecule has 3 aromatic rings. The van der Waals surface area contributed by atoms with Crippen LogP contribution in [0.2, 0.25) is 0 Å². The minimum Gasteiger partial charge on any atom is -0.495 e. The van der Waals surface area contributed by atoms with Gasteiger partial charge >= 0.3 is 0 Å². The van der Waals surface area contributed by atoms with Crippen LogP contribution in [0.1, 0.15) is 40.6 Å². The van der Waals surface area contributed by atoms with Crippen LogP contribution < -0.4 is 10.1 Å². The van der Waals surface area contributed by atoms with Gasteiger partial charge in [0, 0.05) is 25.1 Å². The number of carbonyl (C=O) groups excluding carboxylic acids is 1. The lowest BCUT2D eigenvalue weighted by Crippen LogP contribution is -2.35. The highest BCUT2D eigenvalue weighted by Crippen LogP contribution is 2.28. The van der Waals surface area contributed by atoms with Crippen LogP contribution in [0.4, 0.5) is 5.69 Å². The van der Waals surface area contributed by atoms with Crippen molar-refractivity contribution in [1.29, 1.82) is 0 Å². The number of rotatable bonds is 7. The number of anilines is 1. The predicted octanol–water partition coefficient (Wildman–Crippen LogP) is 4.36. The molecule has 1 aliphatic rings. The fourth-order valence-electron chi connectivity index (χ4n) is 3.95. The smallest absolute Gasteiger partial charge is 0.294 e. The Balaban J connectivity index is 1.36. The number of methoxy groups -OCH3 is 1. The lowest BCUT2D eigenvalue weighted by atomic mass is 9.94. The lowest BCUT2D eigenvalue weighted by Gasteiger charge is -2.31. The van der Waals surface area contributed by atoms with Crippen LogP contribution >= 0.6 is 0 Å². The maximum Gasteiger partial charge on any atom is 0.294 e. The average molecular weight is 405 g/mol. The summed E-state index contributed by atoms with van der Waals surface area (Å²) in [6.07, 6.45) is 3.22. The van der Waals surface area contributed by atoms with Gasteiger partial charge in [-0.2, -0.15) is 0 Å². The van der Waals surface area contributed by atoms with Crippen molar-refractivity contribution in [3.05, 3.63) is 77.7 Å². The number of hydrogen-bond donors (Lipinski definition) is 1. The van der Waals surface area contributed by atoms with Crippen LogP contribution in [0.5, 0.6) is 5.75 Å². The average Bonchev–Trinajstić information content (AvgIpc) is 3.30. The molecular formula is C24H27N3O3. The van der Waals surface area contributed by atoms with E-state index in [9.17, 15) is 4.79 Å². The second-order valence-corrected chi connectivity index (χ2v) is 7.65. The Morgan fingerprint density at radius 3 is 2.83 bits per heavy atom. The van der Waals surface area contributed by atoms with Crippen LogP contribution in [0.3, 0.4) is 0 Å². The van der Waals surface area contributed by atoms with Gasteiger partial charge in [0.25, 0.3) is 5.91 Å². The summed E-state index contributed by atoms with van der Waals surface area (Å²) in [6, 6.07) is 19.6. The monoisotopic (exact) mass is 405 g/mol. The molecule has 1 N–H and O–H groups in total. The number of amides is 1. The Labute approximate surface area is 176 Å². The standard InChI is InChI=1S/C24H27N3O3/c1-29-22-12-6-5-11-20(22)25-24(28)23-16-21(26-30-23)19-10-7-14-27(17-19)15-13-18-8-3-2-4-9-18/h2-6,8-9,11-12,16,19H,7,10,13-15,17H2,1H3,(H,25,28). The van der Waals surface area contributed by atoms with Crippen LogP contribution in [0.25, 0.3) is 0 Å². The number of benzene rings is 2. The van der Waals surface area contributed by atoms with Crippen molar-refractivity contribution in [1.82, 2.24) is 10.1 Å². The van der Waals surface area contributed by atoms with Gasteiger partial charge in [-0.25, -0.2) is 0 Å². The molecule has 1 amide bonds. The molecule has 0 saturated carbocycles. The molecule has 30 heavy (non-hydrogen) atoms. The van der Waals surface area contributed by atoms with Crippen LogP contribution in [-0.2, 0) is 6.42 Å². The van der Waals surface area contributed by atoms with Crippen LogP contribution in [-0.4, -0.2) is 42.7 Å². The highest BCUT2D eigenvalue weighted by Gasteiger charge is 2.25. The van der Waals surface area contributed by atoms with E-state index in [1.54, 1.807) is 25.3 Å². The summed E-state index contributed by atoms with van der Waals surface area (Å²) >= 11 is 0. The molecule has 6 nitrogen and oxygen atoms in total. The molecule has 4 rings (SSSR count). The number of piperidine rings is 1. The molecule has 0 aliphatic carbocycles. The predicted molar refractivity (Wildman–Crippen MR) is 116 cm³/mol. The van der Waals surface area contributed by atoms with E-state index in [1.165, 1.54) is 5.56 Å². The molecule has 2 heterocycles. The van der Waals surface area contributed by atoms with E-state index in [0.29, 0.717) is 11.4 Å². The first kappa shape index (κ1) is 20.2. The zero-order valence-corrected chi connectivity index (χ0v) is 17.2. The van der Waals surface area contributed by atoms with E-state index in [0.717, 1.165) is 44.6 Å². The molecule has 1 unspecified atom stereocenters. The third-order valence-corrected chi connectivity index (χ3v) is 5.59. The second-order valence-electron chi connectivity index (χ2n) is 7.65. The van der Waals surface area contributed by atoms with E-state index in [-0.39, 0.29) is 17.6 Å². The number of nitrogens with zero attached hydrogens (tertiary/aromatic N) is 2. The molecule has 1 aromatic heterocycles. The molecule has 6 heteroatoms. The first-order chi connectivity index (χ1) is 14.7. The maximum atomic E-state index is 12.6. The maximum absolute atomic E-state index is 12.6. The van der Waals surface area contributed by atoms with Crippen molar-refractivity contribution >= 4 is 11.6 Å². The number of aromatic nitrogens is 1. The molecule has 2 aromatic carbocycles. The van der Waals surface area contributed by atoms with Gasteiger partial charge in [0.2, 0.25) is 5.76 Å². The van der Waals surface area contributed by atoms with Crippen LogP contribution in [0, 0.1) is 0 Å². The third kappa shape index (κ3) is 4.89. The largest absolute Gasteiger partial charge is 0.495 e. The van der Waals surface area contributed by atoms with Crippen molar-refractivity contribution in [3.8, 4) is 5.75 Å². The van der Waals surface area contributed by atoms with Gasteiger partial charge in [0.05, 0.1) is 18.5 Å². The Kier molecular flexibility index (Phi) is 6.44. The van der Waals surface area contributed by atoms with E-state index >= 15 is 0 Å². The van der Waals surface area contributed by atoms with E-state index in [2.05, 4.69) is 39.6 Å². The zero-order valence-electron chi connectivity index (χ0n) is 17.2. The summed E-state index contributed by atoms with van der Waals surface area (Å²) in [4.78, 5) is 15.1. The summed E-state index contributed by atoms with van der Waals surface area (Å²) in [5.74, 6) is 0.783. The SMILES string of the molecule is COc1ccccc1NC(=O)c1cc(C2CCCN(CCc3ccccc3)C2)no1. The van der Waals surface area contributed by atoms with Gasteiger partial charge in [0.1, 0.15) is 5.75 Å². The minimum absolute atomic E-state index is 0.220. The number of carbonyl (C=O) groups is 1.